The summed E-state index contributed by atoms with van der Waals surface area (Å²) in [5, 5.41) is 13.7. The molecule has 1 aliphatic rings. The monoisotopic (exact) mass is 266 g/mol. The second kappa shape index (κ2) is 5.30. The number of hydrogen-bond acceptors (Lipinski definition) is 4. The van der Waals surface area contributed by atoms with Gasteiger partial charge < -0.3 is 10.0 Å². The second-order valence-corrected chi connectivity index (χ2v) is 5.55. The van der Waals surface area contributed by atoms with Gasteiger partial charge in [0.15, 0.2) is 0 Å². The molecular formula is C13H22N4O2. The first-order valence-corrected chi connectivity index (χ1v) is 6.51. The summed E-state index contributed by atoms with van der Waals surface area (Å²) < 4.78 is 1.78. The normalized spacial score (nSPS) is 24.3. The molecule has 106 valence electrons. The summed E-state index contributed by atoms with van der Waals surface area (Å²) in [7, 11) is 5.89. The van der Waals surface area contributed by atoms with Crippen molar-refractivity contribution in [2.24, 2.45) is 7.05 Å². The molecule has 6 heteroatoms. The van der Waals surface area contributed by atoms with E-state index in [4.69, 9.17) is 0 Å². The Hall–Kier alpha value is -1.40. The van der Waals surface area contributed by atoms with Crippen LogP contribution in [0.15, 0.2) is 6.20 Å². The van der Waals surface area contributed by atoms with Crippen LogP contribution in [-0.4, -0.2) is 63.4 Å². The summed E-state index contributed by atoms with van der Waals surface area (Å²) >= 11 is 0. The number of aryl methyl sites for hydroxylation is 2. The van der Waals surface area contributed by atoms with Gasteiger partial charge in [-0.1, -0.05) is 0 Å². The lowest BCUT2D eigenvalue weighted by molar-refractivity contribution is -0.142. The Labute approximate surface area is 113 Å². The molecule has 0 unspecified atom stereocenters. The van der Waals surface area contributed by atoms with Crippen LogP contribution in [0.3, 0.4) is 0 Å². The SMILES string of the molecule is Cc1nn(C)cc1CN1C[C@H](N(C)C)C[C@H]1C(=O)O. The lowest BCUT2D eigenvalue weighted by Gasteiger charge is -2.21. The number of nitrogens with zero attached hydrogens (tertiary/aromatic N) is 4. The summed E-state index contributed by atoms with van der Waals surface area (Å²) in [5.41, 5.74) is 2.08. The van der Waals surface area contributed by atoms with Crippen molar-refractivity contribution in [2.75, 3.05) is 20.6 Å². The van der Waals surface area contributed by atoms with Gasteiger partial charge in [0.2, 0.25) is 0 Å². The van der Waals surface area contributed by atoms with E-state index in [1.807, 2.05) is 39.2 Å². The topological polar surface area (TPSA) is 61.6 Å². The van der Waals surface area contributed by atoms with E-state index in [9.17, 15) is 9.90 Å². The van der Waals surface area contributed by atoms with Crippen LogP contribution in [0.1, 0.15) is 17.7 Å². The maximum absolute atomic E-state index is 11.4. The number of carbonyl (C=O) groups is 1. The molecule has 1 fully saturated rings. The Kier molecular flexibility index (Phi) is 3.91. The number of carboxylic acids is 1. The van der Waals surface area contributed by atoms with E-state index >= 15 is 0 Å². The fourth-order valence-corrected chi connectivity index (χ4v) is 2.71. The van der Waals surface area contributed by atoms with E-state index in [2.05, 4.69) is 10.00 Å². The van der Waals surface area contributed by atoms with Gasteiger partial charge in [-0.2, -0.15) is 5.10 Å². The number of hydrogen-bond donors (Lipinski definition) is 1. The van der Waals surface area contributed by atoms with E-state index in [0.29, 0.717) is 19.0 Å². The molecule has 2 atom stereocenters. The lowest BCUT2D eigenvalue weighted by atomic mass is 10.1. The molecule has 2 rings (SSSR count). The molecule has 6 nitrogen and oxygen atoms in total. The quantitative estimate of drug-likeness (QED) is 0.850. The van der Waals surface area contributed by atoms with Crippen molar-refractivity contribution in [3.05, 3.63) is 17.5 Å². The number of carboxylic acid groups (broad SMARTS) is 1. The maximum atomic E-state index is 11.4. The van der Waals surface area contributed by atoms with Crippen molar-refractivity contribution in [3.8, 4) is 0 Å². The first kappa shape index (κ1) is 14.0. The van der Waals surface area contributed by atoms with Crippen molar-refractivity contribution in [1.82, 2.24) is 19.6 Å². The van der Waals surface area contributed by atoms with Gasteiger partial charge in [-0.25, -0.2) is 0 Å². The molecule has 1 aromatic heterocycles. The van der Waals surface area contributed by atoms with Crippen LogP contribution in [0.5, 0.6) is 0 Å². The van der Waals surface area contributed by atoms with Gasteiger partial charge in [-0.3, -0.25) is 14.4 Å². The van der Waals surface area contributed by atoms with Crippen molar-refractivity contribution >= 4 is 5.97 Å². The van der Waals surface area contributed by atoms with Crippen LogP contribution in [0.2, 0.25) is 0 Å². The van der Waals surface area contributed by atoms with E-state index in [0.717, 1.165) is 17.8 Å². The van der Waals surface area contributed by atoms with Gasteiger partial charge in [-0.05, 0) is 27.4 Å². The van der Waals surface area contributed by atoms with E-state index in [-0.39, 0.29) is 0 Å². The summed E-state index contributed by atoms with van der Waals surface area (Å²) in [6.07, 6.45) is 2.65. The predicted molar refractivity (Wildman–Crippen MR) is 71.9 cm³/mol. The first-order valence-electron chi connectivity index (χ1n) is 6.51. The Balaban J connectivity index is 2.13. The van der Waals surface area contributed by atoms with Crippen LogP contribution in [0, 0.1) is 6.92 Å². The Morgan fingerprint density at radius 1 is 1.58 bits per heavy atom. The molecule has 0 amide bonds. The Morgan fingerprint density at radius 3 is 2.74 bits per heavy atom. The maximum Gasteiger partial charge on any atom is 0.320 e. The standard InChI is InChI=1S/C13H22N4O2/c1-9-10(6-16(4)14-9)7-17-8-11(15(2)3)5-12(17)13(18)19/h6,11-12H,5,7-8H2,1-4H3,(H,18,19)/t11-,12+/m1/s1. The predicted octanol–water partition coefficient (Wildman–Crippen LogP) is 0.318. The molecule has 1 aromatic rings. The van der Waals surface area contributed by atoms with Gasteiger partial charge in [0.25, 0.3) is 0 Å². The highest BCUT2D eigenvalue weighted by Crippen LogP contribution is 2.24. The molecule has 0 aliphatic carbocycles. The van der Waals surface area contributed by atoms with Crippen molar-refractivity contribution < 1.29 is 9.90 Å². The van der Waals surface area contributed by atoms with E-state index < -0.39 is 12.0 Å². The highest BCUT2D eigenvalue weighted by Gasteiger charge is 2.37. The fourth-order valence-electron chi connectivity index (χ4n) is 2.71. The third-order valence-electron chi connectivity index (χ3n) is 3.89. The third kappa shape index (κ3) is 2.96. The molecule has 1 aliphatic heterocycles. The highest BCUT2D eigenvalue weighted by molar-refractivity contribution is 5.74. The summed E-state index contributed by atoms with van der Waals surface area (Å²) in [6, 6.07) is -0.0925. The molecule has 0 saturated carbocycles. The van der Waals surface area contributed by atoms with Gasteiger partial charge in [0.1, 0.15) is 6.04 Å². The molecule has 2 heterocycles. The molecular weight excluding hydrogens is 244 g/mol. The van der Waals surface area contributed by atoms with Crippen molar-refractivity contribution in [2.45, 2.75) is 32.0 Å². The average molecular weight is 266 g/mol. The van der Waals surface area contributed by atoms with Gasteiger partial charge in [0.05, 0.1) is 5.69 Å². The number of likely N-dealkylation sites (tertiary alicyclic amines) is 1. The minimum atomic E-state index is -0.731. The minimum absolute atomic E-state index is 0.304. The van der Waals surface area contributed by atoms with Gasteiger partial charge >= 0.3 is 5.97 Å². The van der Waals surface area contributed by atoms with Crippen LogP contribution < -0.4 is 0 Å². The zero-order valence-corrected chi connectivity index (χ0v) is 12.0. The third-order valence-corrected chi connectivity index (χ3v) is 3.89. The van der Waals surface area contributed by atoms with Gasteiger partial charge in [0, 0.05) is 37.9 Å². The average Bonchev–Trinajstić information content (AvgIpc) is 2.84. The zero-order chi connectivity index (χ0) is 14.2. The van der Waals surface area contributed by atoms with Crippen LogP contribution in [-0.2, 0) is 18.4 Å². The fraction of sp³-hybridized carbons (Fsp3) is 0.692. The Bertz CT molecular complexity index is 469. The lowest BCUT2D eigenvalue weighted by Crippen LogP contribution is -2.35. The smallest absolute Gasteiger partial charge is 0.320 e. The number of rotatable bonds is 4. The van der Waals surface area contributed by atoms with Crippen LogP contribution >= 0.6 is 0 Å². The zero-order valence-electron chi connectivity index (χ0n) is 12.0. The van der Waals surface area contributed by atoms with Crippen LogP contribution in [0.4, 0.5) is 0 Å². The molecule has 0 bridgehead atoms. The van der Waals surface area contributed by atoms with Crippen LogP contribution in [0.25, 0.3) is 0 Å². The highest BCUT2D eigenvalue weighted by atomic mass is 16.4. The minimum Gasteiger partial charge on any atom is -0.480 e. The first-order chi connectivity index (χ1) is 8.88. The van der Waals surface area contributed by atoms with Crippen molar-refractivity contribution in [1.29, 1.82) is 0 Å². The summed E-state index contributed by atoms with van der Waals surface area (Å²) in [4.78, 5) is 15.5. The molecule has 0 spiro atoms. The van der Waals surface area contributed by atoms with Crippen molar-refractivity contribution in [3.63, 3.8) is 0 Å². The van der Waals surface area contributed by atoms with E-state index in [1.54, 1.807) is 4.68 Å². The second-order valence-electron chi connectivity index (χ2n) is 5.55. The summed E-state index contributed by atoms with van der Waals surface area (Å²) in [6.45, 7) is 3.41. The number of aromatic nitrogens is 2. The number of aliphatic carboxylic acids is 1. The van der Waals surface area contributed by atoms with Gasteiger partial charge in [-0.15, -0.1) is 0 Å². The molecule has 0 aromatic carbocycles. The molecule has 1 saturated heterocycles. The molecule has 0 radical (unpaired) electrons. The number of likely N-dealkylation sites (N-methyl/N-ethyl adjacent to an activating group) is 1. The molecule has 19 heavy (non-hydrogen) atoms. The molecule has 1 N–H and O–H groups in total. The van der Waals surface area contributed by atoms with E-state index in [1.165, 1.54) is 0 Å². The summed E-state index contributed by atoms with van der Waals surface area (Å²) in [5.74, 6) is -0.731. The Morgan fingerprint density at radius 2 is 2.26 bits per heavy atom. The largest absolute Gasteiger partial charge is 0.480 e.